The van der Waals surface area contributed by atoms with Gasteiger partial charge < -0.3 is 19.7 Å². The molecule has 1 amide bonds. The first-order chi connectivity index (χ1) is 18.6. The predicted octanol–water partition coefficient (Wildman–Crippen LogP) is 6.56. The number of nitrogens with one attached hydrogen (secondary N) is 1. The van der Waals surface area contributed by atoms with Crippen molar-refractivity contribution in [1.82, 2.24) is 14.9 Å². The Bertz CT molecular complexity index is 1160. The number of hydrogen-bond donors (Lipinski definition) is 2. The van der Waals surface area contributed by atoms with Crippen LogP contribution in [0.1, 0.15) is 81.0 Å². The van der Waals surface area contributed by atoms with Crippen molar-refractivity contribution in [3.05, 3.63) is 77.9 Å². The Labute approximate surface area is 225 Å². The first-order valence-corrected chi connectivity index (χ1v) is 13.9. The zero-order valence-electron chi connectivity index (χ0n) is 22.3. The third-order valence-corrected chi connectivity index (χ3v) is 7.40. The minimum atomic E-state index is -1.10. The van der Waals surface area contributed by atoms with E-state index in [4.69, 9.17) is 4.74 Å². The molecule has 1 aliphatic carbocycles. The van der Waals surface area contributed by atoms with Gasteiger partial charge in [-0.05, 0) is 28.7 Å². The lowest BCUT2D eigenvalue weighted by Crippen LogP contribution is -2.43. The summed E-state index contributed by atoms with van der Waals surface area (Å²) in [6.45, 7) is 3.16. The van der Waals surface area contributed by atoms with E-state index in [9.17, 15) is 14.7 Å². The van der Waals surface area contributed by atoms with Crippen molar-refractivity contribution < 1.29 is 19.4 Å². The molecule has 0 saturated carbocycles. The second-order valence-electron chi connectivity index (χ2n) is 10.1. The quantitative estimate of drug-likeness (QED) is 0.223. The van der Waals surface area contributed by atoms with Gasteiger partial charge in [0.1, 0.15) is 12.6 Å². The number of aliphatic carboxylic acids is 1. The second kappa shape index (κ2) is 13.8. The van der Waals surface area contributed by atoms with Crippen LogP contribution in [0.15, 0.2) is 61.1 Å². The minimum Gasteiger partial charge on any atom is -0.480 e. The van der Waals surface area contributed by atoms with Gasteiger partial charge >= 0.3 is 12.1 Å². The zero-order valence-corrected chi connectivity index (χ0v) is 22.3. The van der Waals surface area contributed by atoms with Crippen molar-refractivity contribution in [1.29, 1.82) is 0 Å². The molecule has 7 nitrogen and oxygen atoms in total. The van der Waals surface area contributed by atoms with Crippen LogP contribution in [0, 0.1) is 0 Å². The molecule has 1 aromatic heterocycles. The molecule has 0 fully saturated rings. The van der Waals surface area contributed by atoms with Crippen LogP contribution >= 0.6 is 0 Å². The fourth-order valence-electron chi connectivity index (χ4n) is 5.33. The van der Waals surface area contributed by atoms with Crippen LogP contribution in [0.4, 0.5) is 4.79 Å². The molecule has 0 radical (unpaired) electrons. The van der Waals surface area contributed by atoms with E-state index < -0.39 is 18.1 Å². The molecule has 38 heavy (non-hydrogen) atoms. The highest BCUT2D eigenvalue weighted by atomic mass is 16.5. The van der Waals surface area contributed by atoms with Gasteiger partial charge in [-0.2, -0.15) is 0 Å². The Morgan fingerprint density at radius 3 is 2.18 bits per heavy atom. The number of carboxylic acid groups (broad SMARTS) is 1. The number of aromatic nitrogens is 2. The van der Waals surface area contributed by atoms with Crippen LogP contribution in [-0.4, -0.2) is 39.4 Å². The van der Waals surface area contributed by atoms with Gasteiger partial charge in [-0.3, -0.25) is 0 Å². The number of carbonyl (C=O) groups is 2. The average molecular weight is 518 g/mol. The third-order valence-electron chi connectivity index (χ3n) is 7.40. The van der Waals surface area contributed by atoms with Gasteiger partial charge in [0.2, 0.25) is 0 Å². The second-order valence-corrected chi connectivity index (χ2v) is 10.1. The van der Waals surface area contributed by atoms with Crippen molar-refractivity contribution in [2.45, 2.75) is 83.2 Å². The van der Waals surface area contributed by atoms with Gasteiger partial charge in [-0.25, -0.2) is 14.6 Å². The Morgan fingerprint density at radius 1 is 0.947 bits per heavy atom. The maximum atomic E-state index is 12.7. The molecule has 202 valence electrons. The summed E-state index contributed by atoms with van der Waals surface area (Å²) in [6, 6.07) is 15.1. The fraction of sp³-hybridized carbons (Fsp3) is 0.452. The molecule has 7 heteroatoms. The molecular formula is C31H39N3O4. The molecule has 0 bridgehead atoms. The molecule has 4 rings (SSSR count). The highest BCUT2D eigenvalue weighted by Crippen LogP contribution is 2.44. The molecule has 1 heterocycles. The number of carboxylic acids is 1. The Hall–Kier alpha value is -3.61. The molecule has 3 aromatic rings. The maximum Gasteiger partial charge on any atom is 0.407 e. The highest BCUT2D eigenvalue weighted by Gasteiger charge is 2.30. The molecule has 1 aliphatic rings. The maximum absolute atomic E-state index is 12.7. The van der Waals surface area contributed by atoms with Crippen molar-refractivity contribution in [2.24, 2.45) is 0 Å². The number of nitrogens with zero attached hydrogens (tertiary/aromatic N) is 2. The van der Waals surface area contributed by atoms with Crippen LogP contribution in [0.2, 0.25) is 0 Å². The number of carbonyl (C=O) groups excluding carboxylic acids is 1. The van der Waals surface area contributed by atoms with E-state index in [-0.39, 0.29) is 18.9 Å². The molecule has 0 aliphatic heterocycles. The number of ether oxygens (including phenoxy) is 1. The van der Waals surface area contributed by atoms with Crippen molar-refractivity contribution >= 4 is 12.1 Å². The number of aryl methyl sites for hydroxylation is 1. The summed E-state index contributed by atoms with van der Waals surface area (Å²) in [5.41, 5.74) is 5.30. The van der Waals surface area contributed by atoms with Crippen LogP contribution in [0.3, 0.4) is 0 Å². The summed E-state index contributed by atoms with van der Waals surface area (Å²) in [5.74, 6) is -1.18. The lowest BCUT2D eigenvalue weighted by atomic mass is 9.98. The Kier molecular flexibility index (Phi) is 9.96. The van der Waals surface area contributed by atoms with Crippen molar-refractivity contribution in [3.8, 4) is 11.1 Å². The fourth-order valence-corrected chi connectivity index (χ4v) is 5.33. The first-order valence-electron chi connectivity index (χ1n) is 13.9. The highest BCUT2D eigenvalue weighted by molar-refractivity contribution is 5.81. The van der Waals surface area contributed by atoms with Gasteiger partial charge in [0.25, 0.3) is 0 Å². The normalized spacial score (nSPS) is 13.1. The number of amides is 1. The monoisotopic (exact) mass is 517 g/mol. The van der Waals surface area contributed by atoms with Gasteiger partial charge in [-0.15, -0.1) is 0 Å². The molecular weight excluding hydrogens is 478 g/mol. The minimum absolute atomic E-state index is 0.0792. The standard InChI is InChI=1S/C31H39N3O4/c1-2-3-4-5-6-7-8-13-18-34-22-32-20-23(34)19-29(30(35)36)33-31(37)38-21-28-26-16-11-9-14-24(26)25-15-10-12-17-27(25)28/h9-12,14-17,20,22,28-29H,2-8,13,18-19,21H2,1H3,(H,33,37)(H,35,36)/t29-/m0/s1. The number of unbranched alkanes of at least 4 members (excludes halogenated alkanes) is 7. The first kappa shape index (κ1) is 27.4. The number of alkyl carbamates (subject to hydrolysis) is 1. The lowest BCUT2D eigenvalue weighted by Gasteiger charge is -2.18. The van der Waals surface area contributed by atoms with Crippen LogP contribution in [-0.2, 0) is 22.5 Å². The predicted molar refractivity (Wildman–Crippen MR) is 148 cm³/mol. The number of fused-ring (bicyclic) bond motifs is 3. The molecule has 1 atom stereocenters. The largest absolute Gasteiger partial charge is 0.480 e. The summed E-state index contributed by atoms with van der Waals surface area (Å²) >= 11 is 0. The van der Waals surface area contributed by atoms with Gasteiger partial charge in [0.15, 0.2) is 0 Å². The number of hydrogen-bond acceptors (Lipinski definition) is 4. The van der Waals surface area contributed by atoms with Gasteiger partial charge in [-0.1, -0.05) is 100 Å². The Balaban J connectivity index is 1.27. The molecule has 2 N–H and O–H groups in total. The van der Waals surface area contributed by atoms with E-state index in [2.05, 4.69) is 41.5 Å². The van der Waals surface area contributed by atoms with Gasteiger partial charge in [0.05, 0.1) is 6.33 Å². The number of benzene rings is 2. The molecule has 0 unspecified atom stereocenters. The van der Waals surface area contributed by atoms with E-state index in [0.717, 1.165) is 47.3 Å². The third kappa shape index (κ3) is 7.03. The van der Waals surface area contributed by atoms with Crippen molar-refractivity contribution in [3.63, 3.8) is 0 Å². The summed E-state index contributed by atoms with van der Waals surface area (Å²) < 4.78 is 7.55. The molecule has 0 saturated heterocycles. The SMILES string of the molecule is CCCCCCCCCCn1cncc1C[C@H](NC(=O)OCC1c2ccccc2-c2ccccc21)C(=O)O. The summed E-state index contributed by atoms with van der Waals surface area (Å²) in [6.07, 6.45) is 12.7. The topological polar surface area (TPSA) is 93.5 Å². The van der Waals surface area contributed by atoms with Crippen LogP contribution in [0.25, 0.3) is 11.1 Å². The smallest absolute Gasteiger partial charge is 0.407 e. The zero-order chi connectivity index (χ0) is 26.7. The lowest BCUT2D eigenvalue weighted by molar-refractivity contribution is -0.139. The van der Waals surface area contributed by atoms with Crippen LogP contribution in [0.5, 0.6) is 0 Å². The summed E-state index contributed by atoms with van der Waals surface area (Å²) in [7, 11) is 0. The van der Waals surface area contributed by atoms with E-state index in [1.807, 2.05) is 28.8 Å². The van der Waals surface area contributed by atoms with Crippen molar-refractivity contribution in [2.75, 3.05) is 6.61 Å². The molecule has 2 aromatic carbocycles. The van der Waals surface area contributed by atoms with E-state index in [1.54, 1.807) is 12.5 Å². The van der Waals surface area contributed by atoms with E-state index in [0.29, 0.717) is 0 Å². The van der Waals surface area contributed by atoms with Crippen LogP contribution < -0.4 is 5.32 Å². The number of rotatable bonds is 15. The summed E-state index contributed by atoms with van der Waals surface area (Å²) in [4.78, 5) is 28.9. The average Bonchev–Trinajstić information content (AvgIpc) is 3.50. The van der Waals surface area contributed by atoms with E-state index >= 15 is 0 Å². The Morgan fingerprint density at radius 2 is 1.55 bits per heavy atom. The number of imidazole rings is 1. The van der Waals surface area contributed by atoms with Gasteiger partial charge in [0, 0.05) is 30.8 Å². The summed E-state index contributed by atoms with van der Waals surface area (Å²) in [5, 5.41) is 12.3. The van der Waals surface area contributed by atoms with E-state index in [1.165, 1.54) is 38.5 Å². The molecule has 0 spiro atoms.